The molecular weight excluding hydrogens is 546 g/mol. The Bertz CT molecular complexity index is 1840. The van der Waals surface area contributed by atoms with Gasteiger partial charge in [0.2, 0.25) is 0 Å². The van der Waals surface area contributed by atoms with Gasteiger partial charge < -0.3 is 10.6 Å². The Morgan fingerprint density at radius 3 is 1.18 bits per heavy atom. The maximum Gasteiger partial charge on any atom is 0.178 e. The number of dihydropyridines is 2. The van der Waals surface area contributed by atoms with E-state index in [1.165, 1.54) is 0 Å². The molecule has 0 amide bonds. The van der Waals surface area contributed by atoms with Crippen LogP contribution in [0.15, 0.2) is 162 Å². The maximum atomic E-state index is 11.8. The van der Waals surface area contributed by atoms with Crippen LogP contribution in [0.1, 0.15) is 22.8 Å². The van der Waals surface area contributed by atoms with Crippen molar-refractivity contribution in [2.75, 3.05) is 0 Å². The zero-order valence-corrected chi connectivity index (χ0v) is 23.4. The summed E-state index contributed by atoms with van der Waals surface area (Å²) in [5.74, 6) is -0.0772. The number of hydrogen-bond acceptors (Lipinski definition) is 7. The van der Waals surface area contributed by atoms with Crippen molar-refractivity contribution in [2.45, 2.75) is 0 Å². The van der Waals surface area contributed by atoms with E-state index in [2.05, 4.69) is 20.6 Å². The SMILES string of the molecule is O=C1C=CC(=C2C=C(c3ccccn3)NC(c3cccc(C4=CC(=C5C=CC(=O)C=C5)C=C(c5ccccn5)N4)n3)=C2)C=C1. The summed E-state index contributed by atoms with van der Waals surface area (Å²) in [5.41, 5.74) is 9.97. The largest absolute Gasteiger partial charge is 0.352 e. The van der Waals surface area contributed by atoms with E-state index in [4.69, 9.17) is 4.98 Å². The lowest BCUT2D eigenvalue weighted by molar-refractivity contribution is -0.111. The number of pyridine rings is 3. The number of nitrogens with zero attached hydrogens (tertiary/aromatic N) is 3. The second kappa shape index (κ2) is 11.6. The minimum atomic E-state index is -0.0386. The Hall–Kier alpha value is -6.21. The first kappa shape index (κ1) is 26.7. The normalized spacial score (nSPS) is 17.5. The van der Waals surface area contributed by atoms with Crippen LogP contribution in [-0.4, -0.2) is 26.5 Å². The van der Waals surface area contributed by atoms with E-state index in [0.29, 0.717) is 0 Å². The van der Waals surface area contributed by atoms with E-state index in [0.717, 1.165) is 67.9 Å². The van der Waals surface area contributed by atoms with Gasteiger partial charge in [-0.2, -0.15) is 0 Å². The molecule has 4 aliphatic rings. The third-order valence-electron chi connectivity index (χ3n) is 7.30. The lowest BCUT2D eigenvalue weighted by atomic mass is 9.96. The molecule has 44 heavy (non-hydrogen) atoms. The van der Waals surface area contributed by atoms with Crippen LogP contribution in [0.3, 0.4) is 0 Å². The van der Waals surface area contributed by atoms with Crippen LogP contribution in [0, 0.1) is 0 Å². The smallest absolute Gasteiger partial charge is 0.178 e. The Morgan fingerprint density at radius 1 is 0.409 bits per heavy atom. The van der Waals surface area contributed by atoms with Crippen LogP contribution < -0.4 is 10.6 Å². The molecule has 7 rings (SSSR count). The van der Waals surface area contributed by atoms with Crippen molar-refractivity contribution < 1.29 is 9.59 Å². The van der Waals surface area contributed by atoms with Crippen LogP contribution in [0.2, 0.25) is 0 Å². The molecule has 0 saturated heterocycles. The van der Waals surface area contributed by atoms with Crippen LogP contribution >= 0.6 is 0 Å². The molecule has 0 spiro atoms. The molecule has 2 aliphatic carbocycles. The molecule has 7 nitrogen and oxygen atoms in total. The fraction of sp³-hybridized carbons (Fsp3) is 0. The quantitative estimate of drug-likeness (QED) is 0.407. The summed E-state index contributed by atoms with van der Waals surface area (Å²) in [6, 6.07) is 17.4. The van der Waals surface area contributed by atoms with E-state index in [-0.39, 0.29) is 11.6 Å². The number of ketones is 2. The Kier molecular flexibility index (Phi) is 7.02. The van der Waals surface area contributed by atoms with Gasteiger partial charge in [0, 0.05) is 12.4 Å². The standard InChI is InChI=1S/C37H25N5O2/c43-28-14-10-24(11-15-28)26-20-34(30-6-1-3-18-38-30)41-36(22-26)32-8-5-9-33(40-32)37-23-27(25-12-16-29(44)17-13-25)21-35(42-37)31-7-2-4-19-39-31/h1-23,41-42H. The third-order valence-corrected chi connectivity index (χ3v) is 7.30. The molecule has 3 aromatic heterocycles. The van der Waals surface area contributed by atoms with Gasteiger partial charge in [-0.1, -0.05) is 42.5 Å². The molecule has 0 aromatic carbocycles. The summed E-state index contributed by atoms with van der Waals surface area (Å²) >= 11 is 0. The zero-order valence-electron chi connectivity index (χ0n) is 23.4. The first-order valence-electron chi connectivity index (χ1n) is 14.1. The highest BCUT2D eigenvalue weighted by Crippen LogP contribution is 2.31. The Balaban J connectivity index is 1.30. The molecule has 0 radical (unpaired) electrons. The van der Waals surface area contributed by atoms with Gasteiger partial charge in [-0.3, -0.25) is 19.6 Å². The van der Waals surface area contributed by atoms with Crippen molar-refractivity contribution in [3.63, 3.8) is 0 Å². The second-order valence-electron chi connectivity index (χ2n) is 10.3. The second-order valence-corrected chi connectivity index (χ2v) is 10.3. The maximum absolute atomic E-state index is 11.8. The number of aromatic nitrogens is 3. The van der Waals surface area contributed by atoms with E-state index < -0.39 is 0 Å². The number of hydrogen-bond donors (Lipinski definition) is 2. The Morgan fingerprint density at radius 2 is 0.795 bits per heavy atom. The fourth-order valence-corrected chi connectivity index (χ4v) is 5.10. The van der Waals surface area contributed by atoms with Crippen molar-refractivity contribution in [3.8, 4) is 0 Å². The van der Waals surface area contributed by atoms with Gasteiger partial charge in [-0.25, -0.2) is 4.98 Å². The van der Waals surface area contributed by atoms with E-state index in [1.54, 1.807) is 36.7 Å². The van der Waals surface area contributed by atoms with Gasteiger partial charge in [-0.15, -0.1) is 0 Å². The van der Waals surface area contributed by atoms with Gasteiger partial charge in [-0.05, 0) is 107 Å². The number of nitrogens with one attached hydrogen (secondary N) is 2. The van der Waals surface area contributed by atoms with Crippen LogP contribution in [-0.2, 0) is 9.59 Å². The average molecular weight is 572 g/mol. The number of allylic oxidation sites excluding steroid dienone is 16. The van der Waals surface area contributed by atoms with E-state index in [1.807, 2.05) is 103 Å². The third kappa shape index (κ3) is 5.62. The minimum Gasteiger partial charge on any atom is -0.352 e. The molecule has 210 valence electrons. The molecule has 5 heterocycles. The molecular formula is C37H25N5O2. The molecule has 2 aliphatic heterocycles. The summed E-state index contributed by atoms with van der Waals surface area (Å²) in [4.78, 5) is 37.8. The molecule has 0 saturated carbocycles. The molecule has 2 N–H and O–H groups in total. The van der Waals surface area contributed by atoms with E-state index in [9.17, 15) is 9.59 Å². The van der Waals surface area contributed by atoms with Gasteiger partial charge in [0.15, 0.2) is 11.6 Å². The van der Waals surface area contributed by atoms with Crippen LogP contribution in [0.25, 0.3) is 22.8 Å². The lowest BCUT2D eigenvalue weighted by Crippen LogP contribution is -2.19. The summed E-state index contributed by atoms with van der Waals surface area (Å²) in [6.07, 6.45) is 25.2. The van der Waals surface area contributed by atoms with Gasteiger partial charge >= 0.3 is 0 Å². The number of carbonyl (C=O) groups excluding carboxylic acids is 2. The van der Waals surface area contributed by atoms with Crippen LogP contribution in [0.4, 0.5) is 0 Å². The van der Waals surface area contributed by atoms with E-state index >= 15 is 0 Å². The molecule has 3 aromatic rings. The zero-order chi connectivity index (χ0) is 29.9. The number of rotatable bonds is 4. The predicted octanol–water partition coefficient (Wildman–Crippen LogP) is 5.83. The summed E-state index contributed by atoms with van der Waals surface area (Å²) < 4.78 is 0. The monoisotopic (exact) mass is 571 g/mol. The first-order chi connectivity index (χ1) is 21.6. The highest BCUT2D eigenvalue weighted by Gasteiger charge is 2.20. The van der Waals surface area contributed by atoms with Crippen molar-refractivity contribution in [1.29, 1.82) is 0 Å². The summed E-state index contributed by atoms with van der Waals surface area (Å²) in [6.45, 7) is 0. The van der Waals surface area contributed by atoms with Gasteiger partial charge in [0.05, 0.1) is 45.6 Å². The highest BCUT2D eigenvalue weighted by atomic mass is 16.1. The molecule has 7 heteroatoms. The predicted molar refractivity (Wildman–Crippen MR) is 172 cm³/mol. The lowest BCUT2D eigenvalue weighted by Gasteiger charge is -2.22. The summed E-state index contributed by atoms with van der Waals surface area (Å²) in [5, 5.41) is 7.04. The van der Waals surface area contributed by atoms with Crippen molar-refractivity contribution in [3.05, 3.63) is 185 Å². The first-order valence-corrected chi connectivity index (χ1v) is 14.1. The molecule has 0 fully saturated rings. The summed E-state index contributed by atoms with van der Waals surface area (Å²) in [7, 11) is 0. The van der Waals surface area contributed by atoms with Crippen molar-refractivity contribution in [1.82, 2.24) is 25.6 Å². The number of carbonyl (C=O) groups is 2. The molecule has 0 bridgehead atoms. The fourth-order valence-electron chi connectivity index (χ4n) is 5.10. The van der Waals surface area contributed by atoms with Gasteiger partial charge in [0.1, 0.15) is 0 Å². The minimum absolute atomic E-state index is 0.0386. The van der Waals surface area contributed by atoms with Crippen molar-refractivity contribution in [2.24, 2.45) is 0 Å². The van der Waals surface area contributed by atoms with Gasteiger partial charge in [0.25, 0.3) is 0 Å². The topological polar surface area (TPSA) is 96.9 Å². The Labute approximate surface area is 254 Å². The molecule has 0 atom stereocenters. The highest BCUT2D eigenvalue weighted by molar-refractivity contribution is 6.02. The van der Waals surface area contributed by atoms with Crippen molar-refractivity contribution >= 4 is 34.4 Å². The van der Waals surface area contributed by atoms with Crippen LogP contribution in [0.5, 0.6) is 0 Å². The average Bonchev–Trinajstić information content (AvgIpc) is 3.09. The molecule has 0 unspecified atom stereocenters.